The average Bonchev–Trinajstić information content (AvgIpc) is 2.96. The number of aliphatic hydroxyl groups is 1. The summed E-state index contributed by atoms with van der Waals surface area (Å²) in [7, 11) is 0. The van der Waals surface area contributed by atoms with Crippen LogP contribution in [0.3, 0.4) is 0 Å². The number of carbonyl (C=O) groups is 1. The number of benzene rings is 1. The van der Waals surface area contributed by atoms with Crippen LogP contribution >= 0.6 is 15.9 Å². The predicted octanol–water partition coefficient (Wildman–Crippen LogP) is 4.39. The van der Waals surface area contributed by atoms with Crippen molar-refractivity contribution in [2.24, 2.45) is 0 Å². The number of carbonyl (C=O) groups excluding carboxylic acids is 1. The van der Waals surface area contributed by atoms with E-state index in [1.54, 1.807) is 4.90 Å². The molecule has 1 N–H and O–H groups in total. The van der Waals surface area contributed by atoms with Crippen LogP contribution in [0.25, 0.3) is 0 Å². The van der Waals surface area contributed by atoms with Crippen molar-refractivity contribution < 1.29 is 19.4 Å². The van der Waals surface area contributed by atoms with E-state index in [1.165, 1.54) is 5.56 Å². The highest BCUT2D eigenvalue weighted by Gasteiger charge is 2.39. The number of amides is 1. The Morgan fingerprint density at radius 1 is 1.27 bits per heavy atom. The smallest absolute Gasteiger partial charge is 0.410 e. The summed E-state index contributed by atoms with van der Waals surface area (Å²) in [6, 6.07) is 6.12. The molecular formula is C20H28BrNO4. The monoisotopic (exact) mass is 425 g/mol. The van der Waals surface area contributed by atoms with Gasteiger partial charge < -0.3 is 14.6 Å². The molecule has 0 aliphatic carbocycles. The molecule has 1 amide bonds. The number of hydrogen-bond donors (Lipinski definition) is 1. The van der Waals surface area contributed by atoms with E-state index in [0.717, 1.165) is 36.1 Å². The fourth-order valence-electron chi connectivity index (χ4n) is 3.85. The van der Waals surface area contributed by atoms with Gasteiger partial charge in [0.2, 0.25) is 0 Å². The zero-order valence-corrected chi connectivity index (χ0v) is 17.3. The largest absolute Gasteiger partial charge is 0.444 e. The Hall–Kier alpha value is -1.11. The molecule has 2 aliphatic heterocycles. The second kappa shape index (κ2) is 7.87. The van der Waals surface area contributed by atoms with Crippen LogP contribution in [0.2, 0.25) is 0 Å². The minimum absolute atomic E-state index is 0.171. The van der Waals surface area contributed by atoms with Gasteiger partial charge in [-0.15, -0.1) is 0 Å². The summed E-state index contributed by atoms with van der Waals surface area (Å²) in [6.45, 7) is 7.42. The van der Waals surface area contributed by atoms with Crippen molar-refractivity contribution in [3.05, 3.63) is 33.8 Å². The van der Waals surface area contributed by atoms with E-state index < -0.39 is 11.7 Å². The number of likely N-dealkylation sites (tertiary alicyclic amines) is 1. The molecule has 2 saturated heterocycles. The lowest BCUT2D eigenvalue weighted by molar-refractivity contribution is 0.0205. The van der Waals surface area contributed by atoms with Crippen molar-refractivity contribution in [1.29, 1.82) is 0 Å². The summed E-state index contributed by atoms with van der Waals surface area (Å²) < 4.78 is 12.1. The molecule has 3 rings (SSSR count). The molecular weight excluding hydrogens is 398 g/mol. The first-order valence-corrected chi connectivity index (χ1v) is 10.1. The number of hydrogen-bond acceptors (Lipinski definition) is 4. The number of rotatable bonds is 2. The van der Waals surface area contributed by atoms with Gasteiger partial charge in [0.15, 0.2) is 0 Å². The second-order valence-corrected chi connectivity index (χ2v) is 9.11. The van der Waals surface area contributed by atoms with E-state index in [-0.39, 0.29) is 12.1 Å². The summed E-state index contributed by atoms with van der Waals surface area (Å²) in [5, 5.41) is 10.3. The Kier molecular flexibility index (Phi) is 5.94. The molecule has 0 spiro atoms. The van der Waals surface area contributed by atoms with Gasteiger partial charge in [0.25, 0.3) is 0 Å². The topological polar surface area (TPSA) is 59.0 Å². The first kappa shape index (κ1) is 19.6. The molecule has 1 aromatic carbocycles. The third-order valence-electron chi connectivity index (χ3n) is 4.98. The summed E-state index contributed by atoms with van der Waals surface area (Å²) in [4.78, 5) is 14.4. The van der Waals surface area contributed by atoms with Crippen LogP contribution in [-0.2, 0) is 9.47 Å². The van der Waals surface area contributed by atoms with E-state index in [9.17, 15) is 9.90 Å². The Morgan fingerprint density at radius 2 is 1.96 bits per heavy atom. The van der Waals surface area contributed by atoms with Gasteiger partial charge in [-0.3, -0.25) is 4.90 Å². The Labute approximate surface area is 163 Å². The molecule has 0 bridgehead atoms. The molecule has 1 aromatic rings. The molecule has 6 heteroatoms. The van der Waals surface area contributed by atoms with E-state index in [2.05, 4.69) is 34.1 Å². The fraction of sp³-hybridized carbons (Fsp3) is 0.650. The highest BCUT2D eigenvalue weighted by molar-refractivity contribution is 9.10. The number of nitrogens with zero attached hydrogens (tertiary/aromatic N) is 1. The van der Waals surface area contributed by atoms with Crippen LogP contribution in [0.4, 0.5) is 4.79 Å². The van der Waals surface area contributed by atoms with Gasteiger partial charge in [-0.25, -0.2) is 4.79 Å². The first-order chi connectivity index (χ1) is 12.2. The quantitative estimate of drug-likeness (QED) is 0.763. The molecule has 2 aliphatic rings. The van der Waals surface area contributed by atoms with Crippen LogP contribution < -0.4 is 0 Å². The van der Waals surface area contributed by atoms with E-state index in [1.807, 2.05) is 20.8 Å². The lowest BCUT2D eigenvalue weighted by Crippen LogP contribution is -2.37. The molecule has 5 nitrogen and oxygen atoms in total. The highest BCUT2D eigenvalue weighted by atomic mass is 79.9. The molecule has 2 atom stereocenters. The molecule has 26 heavy (non-hydrogen) atoms. The summed E-state index contributed by atoms with van der Waals surface area (Å²) in [5.74, 6) is 0.421. The Balaban J connectivity index is 1.92. The van der Waals surface area contributed by atoms with Crippen LogP contribution in [-0.4, -0.2) is 47.6 Å². The maximum Gasteiger partial charge on any atom is 0.410 e. The van der Waals surface area contributed by atoms with Crippen molar-refractivity contribution >= 4 is 22.0 Å². The number of β-amino-alcohol motifs (C(OH)–C–C–N with tert-alkyl or cyclic N) is 1. The third-order valence-corrected chi connectivity index (χ3v) is 5.47. The maximum atomic E-state index is 12.7. The zero-order valence-electron chi connectivity index (χ0n) is 15.7. The van der Waals surface area contributed by atoms with E-state index in [0.29, 0.717) is 18.9 Å². The number of aliphatic hydroxyl groups excluding tert-OH is 1. The number of halogens is 1. The third kappa shape index (κ3) is 4.59. The van der Waals surface area contributed by atoms with Crippen molar-refractivity contribution in [2.45, 2.75) is 63.7 Å². The minimum atomic E-state index is -0.560. The Morgan fingerprint density at radius 3 is 2.62 bits per heavy atom. The lowest BCUT2D eigenvalue weighted by Gasteiger charge is -2.32. The average molecular weight is 426 g/mol. The van der Waals surface area contributed by atoms with Crippen molar-refractivity contribution in [3.63, 3.8) is 0 Å². The highest BCUT2D eigenvalue weighted by Crippen LogP contribution is 2.40. The van der Waals surface area contributed by atoms with E-state index in [4.69, 9.17) is 9.47 Å². The standard InChI is InChI=1S/C20H28BrNO4/c1-20(2,3)26-19(24)22-12-15(23)11-18(22)17-10-14(21)4-5-16(17)13-6-8-25-9-7-13/h4-5,10,13,15,18,23H,6-9,11-12H2,1-3H3. The SMILES string of the molecule is CC(C)(C)OC(=O)N1CC(O)CC1c1cc(Br)ccc1C1CCOCC1. The van der Waals surface area contributed by atoms with Crippen molar-refractivity contribution in [3.8, 4) is 0 Å². The van der Waals surface area contributed by atoms with Gasteiger partial charge in [-0.1, -0.05) is 22.0 Å². The lowest BCUT2D eigenvalue weighted by atomic mass is 9.85. The summed E-state index contributed by atoms with van der Waals surface area (Å²) in [5.41, 5.74) is 1.80. The van der Waals surface area contributed by atoms with Crippen molar-refractivity contribution in [1.82, 2.24) is 4.90 Å². The molecule has 2 unspecified atom stereocenters. The van der Waals surface area contributed by atoms with Gasteiger partial charge in [0.05, 0.1) is 18.7 Å². The van der Waals surface area contributed by atoms with Crippen LogP contribution in [0.1, 0.15) is 63.1 Å². The maximum absolute atomic E-state index is 12.7. The van der Waals surface area contributed by atoms with Gasteiger partial charge >= 0.3 is 6.09 Å². The number of ether oxygens (including phenoxy) is 2. The van der Waals surface area contributed by atoms with Crippen molar-refractivity contribution in [2.75, 3.05) is 19.8 Å². The van der Waals surface area contributed by atoms with Crippen LogP contribution in [0, 0.1) is 0 Å². The summed E-state index contributed by atoms with van der Waals surface area (Å²) >= 11 is 3.57. The van der Waals surface area contributed by atoms with Crippen LogP contribution in [0.5, 0.6) is 0 Å². The molecule has 0 radical (unpaired) electrons. The van der Waals surface area contributed by atoms with Gasteiger partial charge in [-0.2, -0.15) is 0 Å². The normalized spacial score (nSPS) is 24.7. The van der Waals surface area contributed by atoms with Gasteiger partial charge in [-0.05, 0) is 69.2 Å². The first-order valence-electron chi connectivity index (χ1n) is 9.29. The molecule has 2 heterocycles. The second-order valence-electron chi connectivity index (χ2n) is 8.20. The predicted molar refractivity (Wildman–Crippen MR) is 103 cm³/mol. The van der Waals surface area contributed by atoms with E-state index >= 15 is 0 Å². The minimum Gasteiger partial charge on any atom is -0.444 e. The Bertz CT molecular complexity index is 652. The van der Waals surface area contributed by atoms with Gasteiger partial charge in [0, 0.05) is 17.7 Å². The molecule has 0 saturated carbocycles. The molecule has 0 aromatic heterocycles. The molecule has 2 fully saturated rings. The molecule has 144 valence electrons. The summed E-state index contributed by atoms with van der Waals surface area (Å²) in [6.07, 6.45) is 1.60. The fourth-order valence-corrected chi connectivity index (χ4v) is 4.22. The van der Waals surface area contributed by atoms with Crippen LogP contribution in [0.15, 0.2) is 22.7 Å². The van der Waals surface area contributed by atoms with Gasteiger partial charge in [0.1, 0.15) is 5.60 Å². The zero-order chi connectivity index (χ0) is 18.9.